The second kappa shape index (κ2) is 4.72. The molecule has 0 aliphatic carbocycles. The molecule has 0 aromatic heterocycles. The molecule has 13 heavy (non-hydrogen) atoms. The number of rotatable bonds is 2. The Labute approximate surface area is 102 Å². The van der Waals surface area contributed by atoms with Crippen LogP contribution in [0.4, 0.5) is 0 Å². The summed E-state index contributed by atoms with van der Waals surface area (Å²) < 4.78 is 11.6. The molecule has 0 aliphatic heterocycles. The molecule has 1 unspecified atom stereocenters. The lowest BCUT2D eigenvalue weighted by Crippen LogP contribution is -2.37. The molecule has 1 atom stereocenters. The van der Waals surface area contributed by atoms with Crippen molar-refractivity contribution in [3.8, 4) is 0 Å². The molecule has 0 rings (SSSR count). The van der Waals surface area contributed by atoms with E-state index in [-0.39, 0.29) is 0 Å². The van der Waals surface area contributed by atoms with Crippen molar-refractivity contribution in [2.75, 3.05) is 14.1 Å². The SMILES string of the molecule is CN(C)P(N)(=O)NC(=O)C(Br)(Br)Br. The van der Waals surface area contributed by atoms with Crippen LogP contribution in [0.5, 0.6) is 0 Å². The highest BCUT2D eigenvalue weighted by molar-refractivity contribution is 9.40. The normalized spacial score (nSPS) is 16.8. The lowest BCUT2D eigenvalue weighted by Gasteiger charge is -2.22. The molecule has 0 fully saturated rings. The summed E-state index contributed by atoms with van der Waals surface area (Å²) in [6, 6.07) is 0. The number of carbonyl (C=O) groups excluding carboxylic acids is 1. The average Bonchev–Trinajstić information content (AvgIpc) is 1.83. The van der Waals surface area contributed by atoms with Crippen molar-refractivity contribution >= 4 is 61.3 Å². The van der Waals surface area contributed by atoms with Crippen LogP contribution in [0.1, 0.15) is 0 Å². The van der Waals surface area contributed by atoms with Crippen LogP contribution in [0.25, 0.3) is 0 Å². The van der Waals surface area contributed by atoms with Gasteiger partial charge in [-0.1, -0.05) is 0 Å². The predicted octanol–water partition coefficient (Wildman–Crippen LogP) is 1.57. The summed E-state index contributed by atoms with van der Waals surface area (Å²) >= 11 is 8.92. The molecule has 0 bridgehead atoms. The van der Waals surface area contributed by atoms with E-state index >= 15 is 0 Å². The van der Waals surface area contributed by atoms with Crippen molar-refractivity contribution in [1.82, 2.24) is 9.76 Å². The van der Waals surface area contributed by atoms with Gasteiger partial charge in [-0.3, -0.25) is 20.0 Å². The predicted molar refractivity (Wildman–Crippen MR) is 63.1 cm³/mol. The molecule has 0 saturated heterocycles. The number of hydrogen-bond donors (Lipinski definition) is 2. The van der Waals surface area contributed by atoms with E-state index in [1.165, 1.54) is 18.8 Å². The third-order valence-corrected chi connectivity index (χ3v) is 3.91. The van der Waals surface area contributed by atoms with Crippen LogP contribution in [-0.2, 0) is 9.36 Å². The Balaban J connectivity index is 4.48. The first kappa shape index (κ1) is 14.1. The summed E-state index contributed by atoms with van der Waals surface area (Å²) in [7, 11) is -0.247. The van der Waals surface area contributed by atoms with E-state index in [2.05, 4.69) is 52.9 Å². The first-order valence-electron chi connectivity index (χ1n) is 3.03. The van der Waals surface area contributed by atoms with Crippen molar-refractivity contribution < 1.29 is 9.36 Å². The van der Waals surface area contributed by atoms with E-state index in [1.54, 1.807) is 0 Å². The highest BCUT2D eigenvalue weighted by Crippen LogP contribution is 2.39. The number of nitrogens with two attached hydrogens (primary N) is 1. The van der Waals surface area contributed by atoms with Crippen LogP contribution < -0.4 is 10.6 Å². The zero-order chi connectivity index (χ0) is 10.9. The molecule has 0 aliphatic rings. The largest absolute Gasteiger partial charge is 0.305 e. The minimum absolute atomic E-state index is 0.563. The Bertz CT molecular complexity index is 252. The Morgan fingerprint density at radius 2 is 1.85 bits per heavy atom. The number of nitrogens with zero attached hydrogens (tertiary/aromatic N) is 1. The smallest absolute Gasteiger partial charge is 0.280 e. The fraction of sp³-hybridized carbons (Fsp3) is 0.750. The zero-order valence-electron chi connectivity index (χ0n) is 6.92. The van der Waals surface area contributed by atoms with Gasteiger partial charge < -0.3 is 0 Å². The van der Waals surface area contributed by atoms with Crippen molar-refractivity contribution in [3.63, 3.8) is 0 Å². The van der Waals surface area contributed by atoms with E-state index in [4.69, 9.17) is 5.50 Å². The van der Waals surface area contributed by atoms with E-state index in [0.29, 0.717) is 0 Å². The van der Waals surface area contributed by atoms with Crippen molar-refractivity contribution in [3.05, 3.63) is 0 Å². The van der Waals surface area contributed by atoms with Gasteiger partial charge in [0.05, 0.1) is 0 Å². The molecular weight excluding hydrogens is 393 g/mol. The molecule has 78 valence electrons. The molecule has 0 saturated carbocycles. The standard InChI is InChI=1S/C4H9Br3N3O2P/c1-10(2)13(8,12)9-3(11)4(5,6)7/h1-2H3,(H3,8,9,11,12). The maximum atomic E-state index is 11.5. The molecule has 0 aromatic carbocycles. The first-order valence-corrected chi connectivity index (χ1v) is 7.14. The Kier molecular flexibility index (Phi) is 5.11. The zero-order valence-corrected chi connectivity index (χ0v) is 12.6. The van der Waals surface area contributed by atoms with Crippen molar-refractivity contribution in [1.29, 1.82) is 0 Å². The van der Waals surface area contributed by atoms with Gasteiger partial charge in [0, 0.05) is 0 Å². The quantitative estimate of drug-likeness (QED) is 0.544. The van der Waals surface area contributed by atoms with Crippen LogP contribution >= 0.6 is 55.4 Å². The van der Waals surface area contributed by atoms with Gasteiger partial charge in [-0.2, -0.15) is 0 Å². The van der Waals surface area contributed by atoms with E-state index in [9.17, 15) is 9.36 Å². The monoisotopic (exact) mass is 399 g/mol. The number of nitrogens with one attached hydrogen (secondary N) is 1. The van der Waals surface area contributed by atoms with Crippen LogP contribution in [0.2, 0.25) is 0 Å². The summed E-state index contributed by atoms with van der Waals surface area (Å²) in [4.78, 5) is 11.3. The van der Waals surface area contributed by atoms with E-state index in [0.717, 1.165) is 0 Å². The third kappa shape index (κ3) is 4.90. The first-order chi connectivity index (χ1) is 5.57. The van der Waals surface area contributed by atoms with Crippen LogP contribution in [-0.4, -0.2) is 26.8 Å². The minimum atomic E-state index is -3.27. The van der Waals surface area contributed by atoms with Gasteiger partial charge in [0.1, 0.15) is 0 Å². The molecule has 3 N–H and O–H groups in total. The average molecular weight is 402 g/mol. The molecule has 1 amide bonds. The fourth-order valence-corrected chi connectivity index (χ4v) is 1.72. The van der Waals surface area contributed by atoms with Crippen LogP contribution in [0.15, 0.2) is 0 Å². The van der Waals surface area contributed by atoms with Gasteiger partial charge in [0.25, 0.3) is 5.91 Å². The minimum Gasteiger partial charge on any atom is -0.280 e. The molecule has 0 spiro atoms. The summed E-state index contributed by atoms with van der Waals surface area (Å²) in [6.45, 7) is 0. The van der Waals surface area contributed by atoms with Gasteiger partial charge in [-0.25, -0.2) is 4.67 Å². The van der Waals surface area contributed by atoms with Crippen molar-refractivity contribution in [2.45, 2.75) is 2.14 Å². The van der Waals surface area contributed by atoms with Gasteiger partial charge in [-0.15, -0.1) is 0 Å². The summed E-state index contributed by atoms with van der Waals surface area (Å²) in [5, 5.41) is 2.18. The van der Waals surface area contributed by atoms with Gasteiger partial charge >= 0.3 is 7.59 Å². The number of carbonyl (C=O) groups is 1. The third-order valence-electron chi connectivity index (χ3n) is 1.11. The van der Waals surface area contributed by atoms with E-state index in [1.807, 2.05) is 0 Å². The summed E-state index contributed by atoms with van der Waals surface area (Å²) in [6.07, 6.45) is 0. The lowest BCUT2D eigenvalue weighted by atomic mass is 10.8. The maximum Gasteiger partial charge on any atom is 0.305 e. The topological polar surface area (TPSA) is 75.4 Å². The number of amides is 1. The van der Waals surface area contributed by atoms with Gasteiger partial charge in [0.2, 0.25) is 2.14 Å². The fourth-order valence-electron chi connectivity index (χ4n) is 0.309. The maximum absolute atomic E-state index is 11.5. The van der Waals surface area contributed by atoms with Crippen molar-refractivity contribution in [2.24, 2.45) is 5.50 Å². The number of halogens is 3. The highest BCUT2D eigenvalue weighted by Gasteiger charge is 2.33. The lowest BCUT2D eigenvalue weighted by molar-refractivity contribution is -0.117. The highest BCUT2D eigenvalue weighted by atomic mass is 80.0. The molecule has 9 heteroatoms. The van der Waals surface area contributed by atoms with Crippen LogP contribution in [0.3, 0.4) is 0 Å². The number of alkyl halides is 3. The molecule has 0 aromatic rings. The molecule has 0 radical (unpaired) electrons. The van der Waals surface area contributed by atoms with Gasteiger partial charge in [-0.05, 0) is 61.9 Å². The second-order valence-corrected chi connectivity index (χ2v) is 11.4. The number of hydrogen-bond acceptors (Lipinski definition) is 2. The molecular formula is C4H9Br3N3O2P. The Morgan fingerprint density at radius 3 is 2.08 bits per heavy atom. The molecule has 5 nitrogen and oxygen atoms in total. The Hall–Kier alpha value is 1.06. The second-order valence-electron chi connectivity index (χ2n) is 2.41. The van der Waals surface area contributed by atoms with E-state index < -0.39 is 15.6 Å². The Morgan fingerprint density at radius 1 is 1.46 bits per heavy atom. The summed E-state index contributed by atoms with van der Waals surface area (Å²) in [5.74, 6) is -0.563. The van der Waals surface area contributed by atoms with Gasteiger partial charge in [0.15, 0.2) is 0 Å². The van der Waals surface area contributed by atoms with Crippen LogP contribution in [0, 0.1) is 0 Å². The summed E-state index contributed by atoms with van der Waals surface area (Å²) in [5.41, 5.74) is 5.34. The molecule has 0 heterocycles.